The molecule has 0 atom stereocenters. The molecule has 118 valence electrons. The smallest absolute Gasteiger partial charge is 0.339 e. The van der Waals surface area contributed by atoms with Gasteiger partial charge in [-0.2, -0.15) is 0 Å². The third-order valence-corrected chi connectivity index (χ3v) is 4.74. The molecule has 4 rings (SSSR count). The minimum Gasteiger partial charge on any atom is -0.449 e. The molecule has 0 saturated heterocycles. The fraction of sp³-hybridized carbons (Fsp3) is 0.136. The molecule has 24 heavy (non-hydrogen) atoms. The molecule has 0 heterocycles. The van der Waals surface area contributed by atoms with Gasteiger partial charge >= 0.3 is 5.97 Å². The molecule has 2 heteroatoms. The van der Waals surface area contributed by atoms with Crippen LogP contribution in [0.5, 0.6) is 0 Å². The topological polar surface area (TPSA) is 26.3 Å². The van der Waals surface area contributed by atoms with Gasteiger partial charge in [-0.25, -0.2) is 4.79 Å². The van der Waals surface area contributed by atoms with Crippen LogP contribution >= 0.6 is 0 Å². The van der Waals surface area contributed by atoms with E-state index in [4.69, 9.17) is 4.74 Å². The number of esters is 1. The molecule has 0 bridgehead atoms. The van der Waals surface area contributed by atoms with E-state index in [-0.39, 0.29) is 12.1 Å². The second-order valence-corrected chi connectivity index (χ2v) is 6.26. The Hall–Kier alpha value is -2.87. The van der Waals surface area contributed by atoms with Crippen LogP contribution in [0.4, 0.5) is 0 Å². The van der Waals surface area contributed by atoms with E-state index in [9.17, 15) is 4.79 Å². The van der Waals surface area contributed by atoms with E-state index in [2.05, 4.69) is 12.1 Å². The summed E-state index contributed by atoms with van der Waals surface area (Å²) in [5.41, 5.74) is 7.25. The molecule has 0 N–H and O–H groups in total. The fourth-order valence-electron chi connectivity index (χ4n) is 3.28. The summed E-state index contributed by atoms with van der Waals surface area (Å²) in [6.45, 7) is 4.04. The van der Waals surface area contributed by atoms with Gasteiger partial charge in [0.1, 0.15) is 0 Å². The van der Waals surface area contributed by atoms with Gasteiger partial charge in [0.2, 0.25) is 0 Å². The van der Waals surface area contributed by atoms with E-state index in [0.29, 0.717) is 5.56 Å². The number of fused-ring (bicyclic) bond motifs is 3. The number of hydrogen-bond acceptors (Lipinski definition) is 2. The predicted molar refractivity (Wildman–Crippen MR) is 95.1 cm³/mol. The molecule has 0 aliphatic heterocycles. The van der Waals surface area contributed by atoms with E-state index in [1.165, 1.54) is 5.56 Å². The largest absolute Gasteiger partial charge is 0.449 e. The zero-order valence-corrected chi connectivity index (χ0v) is 13.7. The Bertz CT molecular complexity index is 895. The SMILES string of the molecule is Cc1ccc(C(=O)OC2c3ccccc3-c3ccccc32)cc1C. The summed E-state index contributed by atoms with van der Waals surface area (Å²) in [6.07, 6.45) is -0.341. The lowest BCUT2D eigenvalue weighted by molar-refractivity contribution is 0.0385. The molecular formula is C22H18O2. The number of hydrogen-bond donors (Lipinski definition) is 0. The molecule has 1 aliphatic rings. The van der Waals surface area contributed by atoms with Crippen molar-refractivity contribution in [2.24, 2.45) is 0 Å². The summed E-state index contributed by atoms with van der Waals surface area (Å²) < 4.78 is 5.91. The third kappa shape index (κ3) is 2.31. The Balaban J connectivity index is 1.72. The van der Waals surface area contributed by atoms with Crippen LogP contribution < -0.4 is 0 Å². The van der Waals surface area contributed by atoms with Crippen LogP contribution in [0.1, 0.15) is 38.7 Å². The van der Waals surface area contributed by atoms with Gasteiger partial charge in [-0.05, 0) is 48.2 Å². The van der Waals surface area contributed by atoms with Gasteiger partial charge in [0.15, 0.2) is 6.10 Å². The van der Waals surface area contributed by atoms with E-state index in [0.717, 1.165) is 27.8 Å². The molecule has 0 radical (unpaired) electrons. The lowest BCUT2D eigenvalue weighted by atomic mass is 10.1. The fourth-order valence-corrected chi connectivity index (χ4v) is 3.28. The standard InChI is InChI=1S/C22H18O2/c1-14-11-12-16(13-15(14)2)22(23)24-21-19-9-5-3-7-17(19)18-8-4-6-10-20(18)21/h3-13,21H,1-2H3. The van der Waals surface area contributed by atoms with Crippen molar-refractivity contribution in [2.75, 3.05) is 0 Å². The van der Waals surface area contributed by atoms with Crippen LogP contribution in [0, 0.1) is 13.8 Å². The van der Waals surface area contributed by atoms with Gasteiger partial charge in [-0.1, -0.05) is 54.6 Å². The lowest BCUT2D eigenvalue weighted by Gasteiger charge is -2.15. The summed E-state index contributed by atoms with van der Waals surface area (Å²) in [6, 6.07) is 21.9. The van der Waals surface area contributed by atoms with Crippen LogP contribution in [0.2, 0.25) is 0 Å². The van der Waals surface area contributed by atoms with Gasteiger partial charge < -0.3 is 4.74 Å². The molecule has 2 nitrogen and oxygen atoms in total. The van der Waals surface area contributed by atoms with Crippen molar-refractivity contribution < 1.29 is 9.53 Å². The van der Waals surface area contributed by atoms with Gasteiger partial charge in [-0.3, -0.25) is 0 Å². The van der Waals surface area contributed by atoms with Gasteiger partial charge in [0, 0.05) is 11.1 Å². The van der Waals surface area contributed by atoms with Crippen LogP contribution in [0.15, 0.2) is 66.7 Å². The quantitative estimate of drug-likeness (QED) is 0.605. The average molecular weight is 314 g/mol. The van der Waals surface area contributed by atoms with Crippen molar-refractivity contribution in [3.8, 4) is 11.1 Å². The van der Waals surface area contributed by atoms with Gasteiger partial charge in [0.25, 0.3) is 0 Å². The minimum atomic E-state index is -0.341. The molecular weight excluding hydrogens is 296 g/mol. The van der Waals surface area contributed by atoms with Crippen molar-refractivity contribution in [3.05, 3.63) is 94.5 Å². The number of carbonyl (C=O) groups is 1. The monoisotopic (exact) mass is 314 g/mol. The van der Waals surface area contributed by atoms with Crippen LogP contribution in [0.3, 0.4) is 0 Å². The van der Waals surface area contributed by atoms with Crippen molar-refractivity contribution in [1.82, 2.24) is 0 Å². The first kappa shape index (κ1) is 14.7. The summed E-state index contributed by atoms with van der Waals surface area (Å²) >= 11 is 0. The highest BCUT2D eigenvalue weighted by Gasteiger charge is 2.31. The normalized spacial score (nSPS) is 12.6. The molecule has 0 saturated carbocycles. The highest BCUT2D eigenvalue weighted by molar-refractivity contribution is 5.91. The van der Waals surface area contributed by atoms with E-state index >= 15 is 0 Å². The number of rotatable bonds is 2. The molecule has 3 aromatic rings. The Morgan fingerprint density at radius 2 is 1.38 bits per heavy atom. The predicted octanol–water partition coefficient (Wildman–Crippen LogP) is 5.23. The highest BCUT2D eigenvalue weighted by Crippen LogP contribution is 2.45. The number of aryl methyl sites for hydroxylation is 2. The molecule has 1 aliphatic carbocycles. The number of ether oxygens (including phenoxy) is 1. The summed E-state index contributed by atoms with van der Waals surface area (Å²) in [5, 5.41) is 0. The Morgan fingerprint density at radius 3 is 1.96 bits per heavy atom. The zero-order valence-electron chi connectivity index (χ0n) is 13.7. The molecule has 0 aromatic heterocycles. The van der Waals surface area contributed by atoms with Crippen molar-refractivity contribution in [2.45, 2.75) is 20.0 Å². The zero-order chi connectivity index (χ0) is 16.7. The first-order chi connectivity index (χ1) is 11.6. The highest BCUT2D eigenvalue weighted by atomic mass is 16.5. The van der Waals surface area contributed by atoms with Crippen LogP contribution in [-0.4, -0.2) is 5.97 Å². The molecule has 3 aromatic carbocycles. The molecule has 0 fully saturated rings. The van der Waals surface area contributed by atoms with Crippen molar-refractivity contribution >= 4 is 5.97 Å². The maximum atomic E-state index is 12.7. The molecule has 0 spiro atoms. The van der Waals surface area contributed by atoms with Crippen molar-refractivity contribution in [3.63, 3.8) is 0 Å². The maximum Gasteiger partial charge on any atom is 0.339 e. The van der Waals surface area contributed by atoms with Gasteiger partial charge in [-0.15, -0.1) is 0 Å². The Morgan fingerprint density at radius 1 is 0.792 bits per heavy atom. The summed E-state index contributed by atoms with van der Waals surface area (Å²) in [4.78, 5) is 12.7. The average Bonchev–Trinajstić information content (AvgIpc) is 2.92. The third-order valence-electron chi connectivity index (χ3n) is 4.74. The lowest BCUT2D eigenvalue weighted by Crippen LogP contribution is -2.11. The molecule has 0 amide bonds. The first-order valence-electron chi connectivity index (χ1n) is 8.11. The van der Waals surface area contributed by atoms with E-state index in [1.54, 1.807) is 0 Å². The van der Waals surface area contributed by atoms with E-state index in [1.807, 2.05) is 68.4 Å². The van der Waals surface area contributed by atoms with E-state index < -0.39 is 0 Å². The van der Waals surface area contributed by atoms with Crippen LogP contribution in [-0.2, 0) is 4.74 Å². The minimum absolute atomic E-state index is 0.283. The van der Waals surface area contributed by atoms with Gasteiger partial charge in [0.05, 0.1) is 5.56 Å². The number of carbonyl (C=O) groups excluding carboxylic acids is 1. The van der Waals surface area contributed by atoms with Crippen molar-refractivity contribution in [1.29, 1.82) is 0 Å². The second-order valence-electron chi connectivity index (χ2n) is 6.26. The second kappa shape index (κ2) is 5.64. The molecule has 0 unspecified atom stereocenters. The first-order valence-corrected chi connectivity index (χ1v) is 8.11. The number of benzene rings is 3. The summed E-state index contributed by atoms with van der Waals surface area (Å²) in [7, 11) is 0. The Labute approximate surface area is 141 Å². The van der Waals surface area contributed by atoms with Crippen LogP contribution in [0.25, 0.3) is 11.1 Å². The summed E-state index contributed by atoms with van der Waals surface area (Å²) in [5.74, 6) is -0.283. The maximum absolute atomic E-state index is 12.7. The Kier molecular flexibility index (Phi) is 3.46.